The quantitative estimate of drug-likeness (QED) is 0.457. The highest BCUT2D eigenvalue weighted by atomic mass is 19.4. The van der Waals surface area contributed by atoms with Gasteiger partial charge >= 0.3 is 12.3 Å². The van der Waals surface area contributed by atoms with Crippen LogP contribution in [0.4, 0.5) is 23.8 Å². The zero-order chi connectivity index (χ0) is 28.4. The lowest BCUT2D eigenvalue weighted by Crippen LogP contribution is -2.39. The molecule has 208 valence electrons. The molecule has 9 nitrogen and oxygen atoms in total. The Bertz CT molecular complexity index is 1350. The van der Waals surface area contributed by atoms with E-state index in [0.717, 1.165) is 25.0 Å². The van der Waals surface area contributed by atoms with Gasteiger partial charge in [-0.05, 0) is 64.2 Å². The molecule has 3 aromatic rings. The third kappa shape index (κ3) is 6.71. The van der Waals surface area contributed by atoms with Gasteiger partial charge in [0.2, 0.25) is 0 Å². The number of rotatable bonds is 4. The lowest BCUT2D eigenvalue weighted by molar-refractivity contribution is -0.137. The highest BCUT2D eigenvalue weighted by Gasteiger charge is 2.30. The van der Waals surface area contributed by atoms with Gasteiger partial charge in [0.1, 0.15) is 28.7 Å². The summed E-state index contributed by atoms with van der Waals surface area (Å²) in [6, 6.07) is 7.16. The molecule has 4 rings (SSSR count). The molecule has 0 unspecified atom stereocenters. The predicted octanol–water partition coefficient (Wildman–Crippen LogP) is 5.62. The molecule has 12 heteroatoms. The van der Waals surface area contributed by atoms with Crippen molar-refractivity contribution < 1.29 is 22.7 Å². The smallest absolute Gasteiger partial charge is 0.416 e. The Balaban J connectivity index is 1.49. The van der Waals surface area contributed by atoms with Crippen LogP contribution in [-0.4, -0.2) is 49.2 Å². The van der Waals surface area contributed by atoms with Crippen LogP contribution >= 0.6 is 0 Å². The van der Waals surface area contributed by atoms with Crippen molar-refractivity contribution >= 4 is 11.9 Å². The molecule has 1 fully saturated rings. The molecule has 0 aliphatic carbocycles. The van der Waals surface area contributed by atoms with Crippen molar-refractivity contribution in [3.63, 3.8) is 0 Å². The number of aromatic nitrogens is 4. The molecule has 1 amide bonds. The minimum atomic E-state index is -4.43. The molecule has 0 radical (unpaired) electrons. The first-order valence-electron chi connectivity index (χ1n) is 12.8. The molecule has 1 aromatic carbocycles. The van der Waals surface area contributed by atoms with Crippen molar-refractivity contribution in [2.75, 3.05) is 18.8 Å². The first-order chi connectivity index (χ1) is 18.4. The predicted molar refractivity (Wildman–Crippen MR) is 138 cm³/mol. The lowest BCUT2D eigenvalue weighted by Gasteiger charge is -2.30. The maximum absolute atomic E-state index is 13.1. The summed E-state index contributed by atoms with van der Waals surface area (Å²) in [4.78, 5) is 14.2. The number of nitrogen functional groups attached to an aromatic ring is 1. The molecule has 2 aromatic heterocycles. The van der Waals surface area contributed by atoms with E-state index in [-0.39, 0.29) is 30.1 Å². The number of halogens is 3. The summed E-state index contributed by atoms with van der Waals surface area (Å²) in [6.45, 7) is 6.74. The van der Waals surface area contributed by atoms with Crippen molar-refractivity contribution in [2.45, 2.75) is 70.8 Å². The number of carbonyl (C=O) groups is 1. The maximum Gasteiger partial charge on any atom is 0.416 e. The Labute approximate surface area is 224 Å². The second kappa shape index (κ2) is 11.0. The van der Waals surface area contributed by atoms with Crippen LogP contribution in [0.3, 0.4) is 0 Å². The zero-order valence-corrected chi connectivity index (χ0v) is 22.2. The van der Waals surface area contributed by atoms with E-state index in [1.165, 1.54) is 16.9 Å². The fourth-order valence-corrected chi connectivity index (χ4v) is 4.69. The number of likely N-dealkylation sites (tertiary alicyclic amines) is 1. The van der Waals surface area contributed by atoms with Gasteiger partial charge in [-0.2, -0.15) is 28.6 Å². The summed E-state index contributed by atoms with van der Waals surface area (Å²) in [5.74, 6) is 0.257. The summed E-state index contributed by atoms with van der Waals surface area (Å²) in [6.07, 6.45) is 1.28. The van der Waals surface area contributed by atoms with Crippen molar-refractivity contribution in [1.29, 1.82) is 5.26 Å². The molecule has 1 aliphatic heterocycles. The third-order valence-corrected chi connectivity index (χ3v) is 6.49. The van der Waals surface area contributed by atoms with Gasteiger partial charge in [0.05, 0.1) is 24.3 Å². The minimum Gasteiger partial charge on any atom is -0.444 e. The summed E-state index contributed by atoms with van der Waals surface area (Å²) >= 11 is 0. The Kier molecular flexibility index (Phi) is 7.90. The van der Waals surface area contributed by atoms with Gasteiger partial charge < -0.3 is 15.4 Å². The molecule has 3 heterocycles. The Morgan fingerprint density at radius 3 is 2.51 bits per heavy atom. The average molecular weight is 544 g/mol. The van der Waals surface area contributed by atoms with Gasteiger partial charge in [-0.25, -0.2) is 9.48 Å². The van der Waals surface area contributed by atoms with Gasteiger partial charge in [-0.3, -0.25) is 4.68 Å². The number of alkyl halides is 3. The molecule has 1 aliphatic rings. The normalized spacial score (nSPS) is 15.5. The van der Waals surface area contributed by atoms with Crippen LogP contribution in [0.2, 0.25) is 0 Å². The number of amides is 1. The van der Waals surface area contributed by atoms with E-state index in [1.807, 2.05) is 20.8 Å². The van der Waals surface area contributed by atoms with E-state index in [1.54, 1.807) is 21.8 Å². The number of hydrogen-bond donors (Lipinski definition) is 1. The van der Waals surface area contributed by atoms with Crippen LogP contribution in [0.25, 0.3) is 11.3 Å². The van der Waals surface area contributed by atoms with Crippen LogP contribution in [0.15, 0.2) is 36.7 Å². The molecular formula is C27H32F3N7O2. The van der Waals surface area contributed by atoms with Crippen LogP contribution in [-0.2, 0) is 17.5 Å². The van der Waals surface area contributed by atoms with Crippen LogP contribution in [0.1, 0.15) is 69.2 Å². The van der Waals surface area contributed by atoms with Crippen LogP contribution in [0.5, 0.6) is 0 Å². The highest BCUT2D eigenvalue weighted by molar-refractivity contribution is 5.72. The fraction of sp³-hybridized carbons (Fsp3) is 0.481. The number of benzene rings is 1. The van der Waals surface area contributed by atoms with Crippen molar-refractivity contribution in [1.82, 2.24) is 24.5 Å². The Hall–Kier alpha value is -4.01. The molecule has 0 spiro atoms. The van der Waals surface area contributed by atoms with Gasteiger partial charge in [0, 0.05) is 24.8 Å². The van der Waals surface area contributed by atoms with E-state index in [0.29, 0.717) is 42.8 Å². The van der Waals surface area contributed by atoms with Crippen LogP contribution in [0, 0.1) is 11.3 Å². The van der Waals surface area contributed by atoms with Gasteiger partial charge in [-0.1, -0.05) is 12.1 Å². The standard InChI is InChI=1S/C27H32F3N7O2/c1-26(2,3)39-25(38)35-11-5-9-21(10-6-12-35)37-24(32)22(14-31)23(34-37)19-15-33-36(17-19)16-18-7-4-8-20(13-18)27(28,29)30/h4,7-8,13,15,17,21H,5-6,9-12,16,32H2,1-3H3. The van der Waals surface area contributed by atoms with Crippen molar-refractivity contribution in [3.05, 3.63) is 53.3 Å². The Morgan fingerprint density at radius 2 is 1.90 bits per heavy atom. The Morgan fingerprint density at radius 1 is 1.21 bits per heavy atom. The first kappa shape index (κ1) is 28.0. The number of hydrogen-bond acceptors (Lipinski definition) is 6. The topological polar surface area (TPSA) is 115 Å². The van der Waals surface area contributed by atoms with Crippen molar-refractivity contribution in [3.8, 4) is 17.3 Å². The molecular weight excluding hydrogens is 511 g/mol. The fourth-order valence-electron chi connectivity index (χ4n) is 4.69. The summed E-state index contributed by atoms with van der Waals surface area (Å²) < 4.78 is 47.9. The van der Waals surface area contributed by atoms with Gasteiger partial charge in [-0.15, -0.1) is 0 Å². The number of ether oxygens (including phenoxy) is 1. The summed E-state index contributed by atoms with van der Waals surface area (Å²) in [5.41, 5.74) is 6.68. The van der Waals surface area contributed by atoms with Crippen molar-refractivity contribution in [2.24, 2.45) is 0 Å². The zero-order valence-electron chi connectivity index (χ0n) is 22.2. The number of nitriles is 1. The van der Waals surface area contributed by atoms with Crippen LogP contribution < -0.4 is 5.73 Å². The highest BCUT2D eigenvalue weighted by Crippen LogP contribution is 2.33. The van der Waals surface area contributed by atoms with Gasteiger partial charge in [0.25, 0.3) is 0 Å². The molecule has 39 heavy (non-hydrogen) atoms. The number of nitrogens with zero attached hydrogens (tertiary/aromatic N) is 6. The third-order valence-electron chi connectivity index (χ3n) is 6.49. The molecule has 1 saturated heterocycles. The summed E-state index contributed by atoms with van der Waals surface area (Å²) in [7, 11) is 0. The number of carbonyl (C=O) groups excluding carboxylic acids is 1. The number of nitrogens with two attached hydrogens (primary N) is 1. The SMILES string of the molecule is CC(C)(C)OC(=O)N1CCCC(n2nc(-c3cnn(Cc4cccc(C(F)(F)F)c4)c3)c(C#N)c2N)CCC1. The van der Waals surface area contributed by atoms with E-state index in [9.17, 15) is 23.2 Å². The molecule has 0 atom stereocenters. The largest absolute Gasteiger partial charge is 0.444 e. The second-order valence-corrected chi connectivity index (χ2v) is 10.7. The minimum absolute atomic E-state index is 0.0493. The first-order valence-corrected chi connectivity index (χ1v) is 12.8. The van der Waals surface area contributed by atoms with E-state index in [4.69, 9.17) is 10.5 Å². The summed E-state index contributed by atoms with van der Waals surface area (Å²) in [5, 5.41) is 18.8. The molecule has 2 N–H and O–H groups in total. The lowest BCUT2D eigenvalue weighted by atomic mass is 10.0. The number of anilines is 1. The molecule has 0 bridgehead atoms. The van der Waals surface area contributed by atoms with E-state index < -0.39 is 17.3 Å². The average Bonchev–Trinajstić information content (AvgIpc) is 3.41. The second-order valence-electron chi connectivity index (χ2n) is 10.7. The van der Waals surface area contributed by atoms with E-state index >= 15 is 0 Å². The van der Waals surface area contributed by atoms with E-state index in [2.05, 4.69) is 16.3 Å². The maximum atomic E-state index is 13.1. The van der Waals surface area contributed by atoms with Gasteiger partial charge in [0.15, 0.2) is 0 Å². The monoisotopic (exact) mass is 543 g/mol. The molecule has 0 saturated carbocycles.